The number of benzene rings is 2. The fourth-order valence-electron chi connectivity index (χ4n) is 4.87. The van der Waals surface area contributed by atoms with E-state index in [2.05, 4.69) is 27.7 Å². The normalized spacial score (nSPS) is 16.9. The molecule has 182 valence electrons. The summed E-state index contributed by atoms with van der Waals surface area (Å²) in [5.74, 6) is 0.834. The minimum Gasteiger partial charge on any atom is -0.355 e. The Labute approximate surface area is 208 Å². The third-order valence-corrected chi connectivity index (χ3v) is 8.00. The van der Waals surface area contributed by atoms with Gasteiger partial charge in [0.1, 0.15) is 0 Å². The number of nitrogens with zero attached hydrogens (tertiary/aromatic N) is 1. The molecule has 1 saturated heterocycles. The smallest absolute Gasteiger partial charge is 0.256 e. The highest BCUT2D eigenvalue weighted by Crippen LogP contribution is 2.25. The van der Waals surface area contributed by atoms with Crippen LogP contribution in [0.4, 0.5) is 5.69 Å². The van der Waals surface area contributed by atoms with Crippen molar-refractivity contribution in [1.82, 2.24) is 10.2 Å². The summed E-state index contributed by atoms with van der Waals surface area (Å²) in [7, 11) is 0. The van der Waals surface area contributed by atoms with Crippen molar-refractivity contribution < 1.29 is 9.59 Å². The largest absolute Gasteiger partial charge is 0.355 e. The maximum absolute atomic E-state index is 13.0. The molecule has 6 heteroatoms. The number of likely N-dealkylation sites (tertiary alicyclic amines) is 1. The van der Waals surface area contributed by atoms with Gasteiger partial charge in [0.15, 0.2) is 0 Å². The summed E-state index contributed by atoms with van der Waals surface area (Å²) >= 11 is 1.42. The molecule has 0 unspecified atom stereocenters. The topological polar surface area (TPSA) is 61.4 Å². The Morgan fingerprint density at radius 3 is 2.41 bits per heavy atom. The number of amides is 2. The lowest BCUT2D eigenvalue weighted by atomic mass is 9.89. The van der Waals surface area contributed by atoms with Crippen molar-refractivity contribution in [3.05, 3.63) is 59.7 Å². The number of thioether (sulfide) groups is 1. The van der Waals surface area contributed by atoms with Gasteiger partial charge in [-0.15, -0.1) is 11.8 Å². The second-order valence-electron chi connectivity index (χ2n) is 9.54. The summed E-state index contributed by atoms with van der Waals surface area (Å²) in [5, 5.41) is 6.10. The van der Waals surface area contributed by atoms with Crippen LogP contribution in [0.1, 0.15) is 60.9 Å². The van der Waals surface area contributed by atoms with Gasteiger partial charge in [0.25, 0.3) is 5.91 Å². The minimum absolute atomic E-state index is 0.0373. The lowest BCUT2D eigenvalue weighted by Crippen LogP contribution is -2.31. The number of hydrogen-bond donors (Lipinski definition) is 2. The van der Waals surface area contributed by atoms with Crippen molar-refractivity contribution in [3.8, 4) is 0 Å². The Balaban J connectivity index is 1.25. The van der Waals surface area contributed by atoms with E-state index in [1.807, 2.05) is 36.4 Å². The maximum Gasteiger partial charge on any atom is 0.256 e. The number of nitrogens with one attached hydrogen (secondary N) is 2. The van der Waals surface area contributed by atoms with Crippen molar-refractivity contribution in [2.45, 2.75) is 56.3 Å². The first-order valence-corrected chi connectivity index (χ1v) is 13.8. The zero-order valence-electron chi connectivity index (χ0n) is 20.1. The molecule has 0 aromatic heterocycles. The molecule has 2 amide bonds. The Morgan fingerprint density at radius 2 is 1.65 bits per heavy atom. The van der Waals surface area contributed by atoms with Crippen LogP contribution in [0.3, 0.4) is 0 Å². The van der Waals surface area contributed by atoms with Gasteiger partial charge in [-0.3, -0.25) is 9.59 Å². The monoisotopic (exact) mass is 479 g/mol. The maximum atomic E-state index is 13.0. The number of anilines is 1. The number of carbonyl (C=O) groups excluding carboxylic acids is 2. The van der Waals surface area contributed by atoms with Crippen LogP contribution in [0.15, 0.2) is 53.4 Å². The molecule has 1 heterocycles. The first-order chi connectivity index (χ1) is 16.7. The standard InChI is InChI=1S/C28H37N3O2S/c32-27(29-20-23-8-2-1-3-9-23)21-34-26-11-5-4-10-25(26)28(33)30-24-14-12-22(13-15-24)16-19-31-17-6-7-18-31/h4-5,10-15,23H,1-3,6-9,16-21H2,(H,29,32)(H,30,33). The number of rotatable bonds is 10. The molecule has 2 N–H and O–H groups in total. The molecule has 2 aromatic rings. The number of carbonyl (C=O) groups is 2. The molecule has 2 aromatic carbocycles. The highest BCUT2D eigenvalue weighted by atomic mass is 32.2. The van der Waals surface area contributed by atoms with Gasteiger partial charge < -0.3 is 15.5 Å². The van der Waals surface area contributed by atoms with Gasteiger partial charge in [-0.1, -0.05) is 43.5 Å². The van der Waals surface area contributed by atoms with E-state index in [-0.39, 0.29) is 11.8 Å². The third-order valence-electron chi connectivity index (χ3n) is 6.93. The molecule has 1 aliphatic heterocycles. The zero-order chi connectivity index (χ0) is 23.6. The first-order valence-electron chi connectivity index (χ1n) is 12.8. The molecule has 1 aliphatic carbocycles. The average molecular weight is 480 g/mol. The van der Waals surface area contributed by atoms with E-state index < -0.39 is 0 Å². The van der Waals surface area contributed by atoms with E-state index in [4.69, 9.17) is 0 Å². The molecule has 2 fully saturated rings. The van der Waals surface area contributed by atoms with Gasteiger partial charge in [0, 0.05) is 23.7 Å². The van der Waals surface area contributed by atoms with Gasteiger partial charge in [-0.2, -0.15) is 0 Å². The predicted molar refractivity (Wildman–Crippen MR) is 141 cm³/mol. The van der Waals surface area contributed by atoms with E-state index in [0.29, 0.717) is 17.2 Å². The van der Waals surface area contributed by atoms with Crippen molar-refractivity contribution >= 4 is 29.3 Å². The van der Waals surface area contributed by atoms with Crippen LogP contribution in [0, 0.1) is 5.92 Å². The summed E-state index contributed by atoms with van der Waals surface area (Å²) in [5.41, 5.74) is 2.69. The van der Waals surface area contributed by atoms with Gasteiger partial charge in [0.2, 0.25) is 5.91 Å². The third kappa shape index (κ3) is 7.60. The summed E-state index contributed by atoms with van der Waals surface area (Å²) in [4.78, 5) is 28.7. The average Bonchev–Trinajstić information content (AvgIpc) is 3.40. The first kappa shape index (κ1) is 24.8. The molecule has 4 rings (SSSR count). The Bertz CT molecular complexity index is 935. The molecule has 0 bridgehead atoms. The van der Waals surface area contributed by atoms with Gasteiger partial charge in [-0.05, 0) is 80.9 Å². The minimum atomic E-state index is -0.143. The van der Waals surface area contributed by atoms with Gasteiger partial charge >= 0.3 is 0 Å². The van der Waals surface area contributed by atoms with E-state index in [0.717, 1.165) is 30.1 Å². The SMILES string of the molecule is O=C(CSc1ccccc1C(=O)Nc1ccc(CCN2CCCC2)cc1)NCC1CCCCC1. The molecular weight excluding hydrogens is 442 g/mol. The highest BCUT2D eigenvalue weighted by Gasteiger charge is 2.16. The van der Waals surface area contributed by atoms with E-state index in [1.54, 1.807) is 0 Å². The highest BCUT2D eigenvalue weighted by molar-refractivity contribution is 8.00. The number of hydrogen-bond acceptors (Lipinski definition) is 4. The Hall–Kier alpha value is -2.31. The Kier molecular flexibility index (Phi) is 9.45. The van der Waals surface area contributed by atoms with Crippen LogP contribution in [-0.4, -0.2) is 48.6 Å². The molecule has 5 nitrogen and oxygen atoms in total. The predicted octanol–water partition coefficient (Wildman–Crippen LogP) is 5.37. The summed E-state index contributed by atoms with van der Waals surface area (Å²) in [6.07, 6.45) is 9.98. The van der Waals surface area contributed by atoms with Crippen LogP contribution in [0.5, 0.6) is 0 Å². The van der Waals surface area contributed by atoms with Crippen molar-refractivity contribution in [2.24, 2.45) is 5.92 Å². The molecule has 0 atom stereocenters. The second-order valence-corrected chi connectivity index (χ2v) is 10.6. The summed E-state index contributed by atoms with van der Waals surface area (Å²) in [6.45, 7) is 4.31. The molecular formula is C28H37N3O2S. The van der Waals surface area contributed by atoms with Crippen LogP contribution in [0.25, 0.3) is 0 Å². The van der Waals surface area contributed by atoms with Crippen LogP contribution in [-0.2, 0) is 11.2 Å². The molecule has 1 saturated carbocycles. The second kappa shape index (κ2) is 13.0. The van der Waals surface area contributed by atoms with E-state index in [9.17, 15) is 9.59 Å². The molecule has 0 spiro atoms. The van der Waals surface area contributed by atoms with E-state index in [1.165, 1.54) is 75.4 Å². The van der Waals surface area contributed by atoms with Gasteiger partial charge in [-0.25, -0.2) is 0 Å². The lowest BCUT2D eigenvalue weighted by Gasteiger charge is -2.21. The van der Waals surface area contributed by atoms with Crippen LogP contribution in [0.2, 0.25) is 0 Å². The van der Waals surface area contributed by atoms with Crippen molar-refractivity contribution in [1.29, 1.82) is 0 Å². The van der Waals surface area contributed by atoms with Crippen LogP contribution < -0.4 is 10.6 Å². The quantitative estimate of drug-likeness (QED) is 0.450. The molecule has 34 heavy (non-hydrogen) atoms. The summed E-state index contributed by atoms with van der Waals surface area (Å²) in [6, 6.07) is 15.7. The van der Waals surface area contributed by atoms with E-state index >= 15 is 0 Å². The fraction of sp³-hybridized carbons (Fsp3) is 0.500. The molecule has 2 aliphatic rings. The van der Waals surface area contributed by atoms with Crippen molar-refractivity contribution in [3.63, 3.8) is 0 Å². The Morgan fingerprint density at radius 1 is 0.912 bits per heavy atom. The van der Waals surface area contributed by atoms with Crippen LogP contribution >= 0.6 is 11.8 Å². The summed E-state index contributed by atoms with van der Waals surface area (Å²) < 4.78 is 0. The fourth-order valence-corrected chi connectivity index (χ4v) is 5.75. The lowest BCUT2D eigenvalue weighted by molar-refractivity contribution is -0.118. The zero-order valence-corrected chi connectivity index (χ0v) is 20.9. The van der Waals surface area contributed by atoms with Crippen molar-refractivity contribution in [2.75, 3.05) is 37.2 Å². The molecule has 0 radical (unpaired) electrons. The van der Waals surface area contributed by atoms with Gasteiger partial charge in [0.05, 0.1) is 11.3 Å².